The summed E-state index contributed by atoms with van der Waals surface area (Å²) in [5.74, 6) is -0.750. The highest BCUT2D eigenvalue weighted by atomic mass is 19.1. The summed E-state index contributed by atoms with van der Waals surface area (Å²) >= 11 is 0. The number of rotatable bonds is 6. The van der Waals surface area contributed by atoms with Crippen molar-refractivity contribution in [1.29, 1.82) is 0 Å². The summed E-state index contributed by atoms with van der Waals surface area (Å²) in [4.78, 5) is 12.4. The molecule has 0 spiro atoms. The van der Waals surface area contributed by atoms with Crippen LogP contribution in [-0.2, 0) is 0 Å². The Balaban J connectivity index is 2.34. The molecule has 0 amide bonds. The minimum absolute atomic E-state index is 0.344. The number of halogens is 1. The summed E-state index contributed by atoms with van der Waals surface area (Å²) in [7, 11) is 0. The largest absolute Gasteiger partial charge is 0.363 e. The van der Waals surface area contributed by atoms with Crippen molar-refractivity contribution in [1.82, 2.24) is 0 Å². The van der Waals surface area contributed by atoms with E-state index in [1.807, 2.05) is 4.90 Å². The first-order valence-electron chi connectivity index (χ1n) is 6.34. The molecular weight excluding hydrogens is 235 g/mol. The van der Waals surface area contributed by atoms with Crippen LogP contribution in [0.1, 0.15) is 32.6 Å². The summed E-state index contributed by atoms with van der Waals surface area (Å²) in [6.45, 7) is 2.83. The zero-order chi connectivity index (χ0) is 13.1. The lowest BCUT2D eigenvalue weighted by Crippen LogP contribution is -2.27. The highest BCUT2D eigenvalue weighted by molar-refractivity contribution is 5.64. The minimum atomic E-state index is -0.750. The van der Waals surface area contributed by atoms with Crippen molar-refractivity contribution in [2.24, 2.45) is 0 Å². The number of nitro benzene ring substituents is 1. The Morgan fingerprint density at radius 2 is 2.22 bits per heavy atom. The molecule has 1 fully saturated rings. The van der Waals surface area contributed by atoms with Crippen LogP contribution in [0.25, 0.3) is 0 Å². The van der Waals surface area contributed by atoms with E-state index < -0.39 is 10.7 Å². The maximum Gasteiger partial charge on any atom is 0.327 e. The Hall–Kier alpha value is -1.65. The number of nitrogens with zero attached hydrogens (tertiary/aromatic N) is 2. The molecule has 0 unspecified atom stereocenters. The second-order valence-corrected chi connectivity index (χ2v) is 4.64. The predicted molar refractivity (Wildman–Crippen MR) is 68.3 cm³/mol. The van der Waals surface area contributed by atoms with Crippen molar-refractivity contribution >= 4 is 11.4 Å². The van der Waals surface area contributed by atoms with Gasteiger partial charge in [-0.1, -0.05) is 19.4 Å². The summed E-state index contributed by atoms with van der Waals surface area (Å²) < 4.78 is 13.6. The molecule has 2 rings (SSSR count). The van der Waals surface area contributed by atoms with Gasteiger partial charge in [-0.05, 0) is 31.4 Å². The van der Waals surface area contributed by atoms with Gasteiger partial charge in [0.25, 0.3) is 0 Å². The molecule has 1 aromatic carbocycles. The van der Waals surface area contributed by atoms with E-state index in [9.17, 15) is 14.5 Å². The van der Waals surface area contributed by atoms with Gasteiger partial charge in [0, 0.05) is 12.6 Å². The summed E-state index contributed by atoms with van der Waals surface area (Å²) in [6.07, 6.45) is 4.06. The molecule has 4 nitrogen and oxygen atoms in total. The number of unbranched alkanes of at least 4 members (excludes halogenated alkanes) is 1. The van der Waals surface area contributed by atoms with E-state index in [1.165, 1.54) is 0 Å². The maximum atomic E-state index is 13.6. The van der Waals surface area contributed by atoms with Crippen molar-refractivity contribution in [2.45, 2.75) is 38.6 Å². The van der Waals surface area contributed by atoms with Crippen molar-refractivity contribution < 1.29 is 9.31 Å². The molecule has 0 N–H and O–H groups in total. The van der Waals surface area contributed by atoms with Crippen molar-refractivity contribution in [2.75, 3.05) is 11.4 Å². The van der Waals surface area contributed by atoms with Crippen LogP contribution < -0.4 is 4.90 Å². The fraction of sp³-hybridized carbons (Fsp3) is 0.538. The van der Waals surface area contributed by atoms with Crippen LogP contribution in [0, 0.1) is 15.9 Å². The van der Waals surface area contributed by atoms with Crippen LogP contribution in [0.5, 0.6) is 0 Å². The fourth-order valence-electron chi connectivity index (χ4n) is 2.13. The van der Waals surface area contributed by atoms with Gasteiger partial charge in [0.05, 0.1) is 4.92 Å². The lowest BCUT2D eigenvalue weighted by molar-refractivity contribution is -0.386. The van der Waals surface area contributed by atoms with Crippen LogP contribution in [0.15, 0.2) is 18.2 Å². The number of hydrogen-bond acceptors (Lipinski definition) is 3. The van der Waals surface area contributed by atoms with Crippen molar-refractivity contribution in [3.8, 4) is 0 Å². The summed E-state index contributed by atoms with van der Waals surface area (Å²) in [6, 6.07) is 4.68. The van der Waals surface area contributed by atoms with Gasteiger partial charge in [-0.25, -0.2) is 0 Å². The van der Waals surface area contributed by atoms with Crippen LogP contribution in [-0.4, -0.2) is 17.5 Å². The number of benzene rings is 1. The van der Waals surface area contributed by atoms with Crippen LogP contribution >= 0.6 is 0 Å². The number of para-hydroxylation sites is 1. The molecule has 1 aliphatic rings. The average Bonchev–Trinajstić information content (AvgIpc) is 3.13. The second-order valence-electron chi connectivity index (χ2n) is 4.64. The maximum absolute atomic E-state index is 13.6. The molecule has 1 aliphatic carbocycles. The van der Waals surface area contributed by atoms with Crippen LogP contribution in [0.3, 0.4) is 0 Å². The van der Waals surface area contributed by atoms with Gasteiger partial charge in [-0.15, -0.1) is 0 Å². The van der Waals surface area contributed by atoms with Gasteiger partial charge in [0.2, 0.25) is 5.82 Å². The SMILES string of the molecule is CCCCN(c1cccc(F)c1[N+](=O)[O-])C1CC1. The number of nitro groups is 1. The Labute approximate surface area is 106 Å². The molecule has 0 saturated heterocycles. The molecule has 0 radical (unpaired) electrons. The van der Waals surface area contributed by atoms with Gasteiger partial charge in [-0.3, -0.25) is 10.1 Å². The third kappa shape index (κ3) is 2.60. The Bertz CT molecular complexity index is 447. The normalized spacial score (nSPS) is 14.6. The van der Waals surface area contributed by atoms with Gasteiger partial charge in [-0.2, -0.15) is 4.39 Å². The highest BCUT2D eigenvalue weighted by Gasteiger charge is 2.33. The van der Waals surface area contributed by atoms with Gasteiger partial charge >= 0.3 is 5.69 Å². The topological polar surface area (TPSA) is 46.4 Å². The molecule has 18 heavy (non-hydrogen) atoms. The van der Waals surface area contributed by atoms with Crippen molar-refractivity contribution in [3.05, 3.63) is 34.1 Å². The molecule has 0 bridgehead atoms. The first-order valence-corrected chi connectivity index (χ1v) is 6.34. The molecular formula is C13H17FN2O2. The number of anilines is 1. The van der Waals surface area contributed by atoms with E-state index in [-0.39, 0.29) is 5.69 Å². The van der Waals surface area contributed by atoms with E-state index in [0.29, 0.717) is 11.7 Å². The fourth-order valence-corrected chi connectivity index (χ4v) is 2.13. The Kier molecular flexibility index (Phi) is 3.79. The highest BCUT2D eigenvalue weighted by Crippen LogP contribution is 2.38. The lowest BCUT2D eigenvalue weighted by Gasteiger charge is -2.24. The average molecular weight is 252 g/mol. The summed E-state index contributed by atoms with van der Waals surface area (Å²) in [5, 5.41) is 11.0. The van der Waals surface area contributed by atoms with E-state index in [0.717, 1.165) is 38.3 Å². The first kappa shape index (κ1) is 12.8. The molecule has 1 aromatic rings. The van der Waals surface area contributed by atoms with Crippen LogP contribution in [0.4, 0.5) is 15.8 Å². The molecule has 0 atom stereocenters. The lowest BCUT2D eigenvalue weighted by atomic mass is 10.2. The van der Waals surface area contributed by atoms with E-state index in [1.54, 1.807) is 12.1 Å². The Morgan fingerprint density at radius 3 is 2.78 bits per heavy atom. The molecule has 5 heteroatoms. The third-order valence-electron chi connectivity index (χ3n) is 3.20. The zero-order valence-electron chi connectivity index (χ0n) is 10.4. The van der Waals surface area contributed by atoms with Gasteiger partial charge in [0.15, 0.2) is 0 Å². The van der Waals surface area contributed by atoms with Gasteiger partial charge < -0.3 is 4.90 Å². The number of hydrogen-bond donors (Lipinski definition) is 0. The van der Waals surface area contributed by atoms with Crippen LogP contribution in [0.2, 0.25) is 0 Å². The standard InChI is InChI=1S/C13H17FN2O2/c1-2-3-9-15(10-7-8-10)12-6-4-5-11(14)13(12)16(17)18/h4-6,10H,2-3,7-9H2,1H3. The Morgan fingerprint density at radius 1 is 1.50 bits per heavy atom. The molecule has 0 aliphatic heterocycles. The molecule has 0 heterocycles. The molecule has 1 saturated carbocycles. The first-order chi connectivity index (χ1) is 8.65. The van der Waals surface area contributed by atoms with E-state index in [2.05, 4.69) is 6.92 Å². The zero-order valence-corrected chi connectivity index (χ0v) is 10.4. The smallest absolute Gasteiger partial charge is 0.327 e. The van der Waals surface area contributed by atoms with E-state index >= 15 is 0 Å². The van der Waals surface area contributed by atoms with E-state index in [4.69, 9.17) is 0 Å². The predicted octanol–water partition coefficient (Wildman–Crippen LogP) is 3.50. The van der Waals surface area contributed by atoms with Crippen molar-refractivity contribution in [3.63, 3.8) is 0 Å². The van der Waals surface area contributed by atoms with Gasteiger partial charge in [0.1, 0.15) is 5.69 Å². The molecule has 98 valence electrons. The second kappa shape index (κ2) is 5.33. The summed E-state index contributed by atoms with van der Waals surface area (Å²) in [5.41, 5.74) is 0.0384. The third-order valence-corrected chi connectivity index (χ3v) is 3.20. The molecule has 0 aromatic heterocycles. The monoisotopic (exact) mass is 252 g/mol. The quantitative estimate of drug-likeness (QED) is 0.575. The minimum Gasteiger partial charge on any atom is -0.363 e.